The highest BCUT2D eigenvalue weighted by Gasteiger charge is 2.26. The molecule has 1 N–H and O–H groups in total. The molecule has 5 rings (SSSR count). The summed E-state index contributed by atoms with van der Waals surface area (Å²) in [5.41, 5.74) is 3.32. The fourth-order valence-electron chi connectivity index (χ4n) is 4.68. The maximum Gasteiger partial charge on any atom is 0.419 e. The molecule has 0 aliphatic heterocycles. The highest BCUT2D eigenvalue weighted by molar-refractivity contribution is 8.13. The van der Waals surface area contributed by atoms with Gasteiger partial charge in [0.15, 0.2) is 5.82 Å². The van der Waals surface area contributed by atoms with Crippen molar-refractivity contribution in [3.63, 3.8) is 0 Å². The first-order valence-electron chi connectivity index (χ1n) is 14.4. The van der Waals surface area contributed by atoms with Crippen LogP contribution >= 0.6 is 10.5 Å². The molecule has 4 aromatic heterocycles. The number of rotatable bonds is 10. The van der Waals surface area contributed by atoms with E-state index in [0.717, 1.165) is 28.0 Å². The van der Waals surface area contributed by atoms with Crippen molar-refractivity contribution in [3.05, 3.63) is 71.7 Å². The number of hydrogen-bond donors (Lipinski definition) is 1. The molecule has 238 valence electrons. The van der Waals surface area contributed by atoms with Gasteiger partial charge < -0.3 is 19.3 Å². The number of hydrogen-bond acceptors (Lipinski definition) is 9. The van der Waals surface area contributed by atoms with Crippen molar-refractivity contribution in [1.82, 2.24) is 34.6 Å². The van der Waals surface area contributed by atoms with Crippen molar-refractivity contribution < 1.29 is 25.0 Å². The monoisotopic (exact) mass is 633 g/mol. The highest BCUT2D eigenvalue weighted by atomic mass is 32.2. The first kappa shape index (κ1) is 31.8. The van der Waals surface area contributed by atoms with Gasteiger partial charge in [0, 0.05) is 42.8 Å². The quantitative estimate of drug-likeness (QED) is 0.149. The molecule has 0 saturated heterocycles. The Kier molecular flexibility index (Phi) is 9.30. The number of pyridine rings is 1. The molecule has 0 aliphatic carbocycles. The average molecular weight is 634 g/mol. The zero-order valence-corrected chi connectivity index (χ0v) is 27.1. The van der Waals surface area contributed by atoms with Crippen molar-refractivity contribution in [2.75, 3.05) is 18.6 Å². The molecule has 45 heavy (non-hydrogen) atoms. The lowest BCUT2D eigenvalue weighted by molar-refractivity contribution is 0.0546. The summed E-state index contributed by atoms with van der Waals surface area (Å²) >= 11 is 0. The number of imidazole rings is 1. The van der Waals surface area contributed by atoms with E-state index in [9.17, 15) is 9.59 Å². The van der Waals surface area contributed by atoms with Gasteiger partial charge in [-0.15, -0.1) is 0 Å². The van der Waals surface area contributed by atoms with Crippen molar-refractivity contribution in [2.24, 2.45) is 0 Å². The number of carbonyl (C=O) groups excluding carboxylic acids is 2. The first-order chi connectivity index (χ1) is 21.4. The Balaban J connectivity index is 0.00000480. The molecule has 0 radical (unpaired) electrons. The molecular formula is C32H39N7O5S. The second-order valence-electron chi connectivity index (χ2n) is 11.6. The van der Waals surface area contributed by atoms with Gasteiger partial charge in [0.1, 0.15) is 18.0 Å². The van der Waals surface area contributed by atoms with Gasteiger partial charge in [-0.3, -0.25) is 14.3 Å². The Hall–Kier alpha value is -4.62. The third-order valence-electron chi connectivity index (χ3n) is 6.82. The van der Waals surface area contributed by atoms with Crippen molar-refractivity contribution in [3.8, 4) is 22.8 Å². The molecule has 5 aromatic rings. The van der Waals surface area contributed by atoms with Crippen LogP contribution in [0.4, 0.5) is 4.79 Å². The Morgan fingerprint density at radius 1 is 1.11 bits per heavy atom. The van der Waals surface area contributed by atoms with Gasteiger partial charge in [0.25, 0.3) is 11.8 Å². The van der Waals surface area contributed by atoms with E-state index in [1.165, 1.54) is 4.57 Å². The number of carbonyl (C=O) groups is 2. The van der Waals surface area contributed by atoms with Crippen LogP contribution in [0, 0.1) is 13.8 Å². The summed E-state index contributed by atoms with van der Waals surface area (Å²) < 4.78 is 20.3. The van der Waals surface area contributed by atoms with E-state index < -0.39 is 11.7 Å². The fourth-order valence-corrected chi connectivity index (χ4v) is 5.09. The molecule has 0 aliphatic rings. The molecule has 0 bridgehead atoms. The smallest absolute Gasteiger partial charge is 0.419 e. The molecule has 1 unspecified atom stereocenters. The Morgan fingerprint density at radius 3 is 2.53 bits per heavy atom. The molecule has 1 amide bonds. The zero-order valence-electron chi connectivity index (χ0n) is 26.3. The van der Waals surface area contributed by atoms with Crippen LogP contribution in [-0.4, -0.2) is 71.3 Å². The van der Waals surface area contributed by atoms with E-state index in [2.05, 4.69) is 32.6 Å². The van der Waals surface area contributed by atoms with Gasteiger partial charge in [-0.1, -0.05) is 17.1 Å². The van der Waals surface area contributed by atoms with Gasteiger partial charge in [-0.2, -0.15) is 15.5 Å². The maximum atomic E-state index is 13.4. The van der Waals surface area contributed by atoms with Crippen LogP contribution in [-0.2, 0) is 22.7 Å². The predicted molar refractivity (Wildman–Crippen MR) is 177 cm³/mol. The summed E-state index contributed by atoms with van der Waals surface area (Å²) in [5.74, 6) is 5.39. The summed E-state index contributed by atoms with van der Waals surface area (Å²) in [7, 11) is -0.0114. The van der Waals surface area contributed by atoms with Crippen molar-refractivity contribution in [1.29, 1.82) is 0 Å². The van der Waals surface area contributed by atoms with E-state index in [-0.39, 0.29) is 36.3 Å². The van der Waals surface area contributed by atoms with E-state index in [1.54, 1.807) is 50.7 Å². The van der Waals surface area contributed by atoms with Crippen molar-refractivity contribution in [2.45, 2.75) is 53.5 Å². The second kappa shape index (κ2) is 13.2. The van der Waals surface area contributed by atoms with Crippen LogP contribution in [0.3, 0.4) is 0 Å². The number of ether oxygens (including phenoxy) is 2. The normalized spacial score (nSPS) is 12.4. The van der Waals surface area contributed by atoms with Gasteiger partial charge in [-0.05, 0) is 76.8 Å². The average Bonchev–Trinajstić information content (AvgIpc) is 3.68. The summed E-state index contributed by atoms with van der Waals surface area (Å²) in [6, 6.07) is 11.1. The summed E-state index contributed by atoms with van der Waals surface area (Å²) in [6.07, 6.45) is 4.85. The molecule has 0 spiro atoms. The summed E-state index contributed by atoms with van der Waals surface area (Å²) in [6.45, 7) is 10.0. The predicted octanol–water partition coefficient (Wildman–Crippen LogP) is 5.83. The lowest BCUT2D eigenvalue weighted by Gasteiger charge is -2.20. The van der Waals surface area contributed by atoms with Crippen LogP contribution in [0.1, 0.15) is 49.9 Å². The number of nitrogens with zero attached hydrogens (tertiary/aromatic N) is 6. The third kappa shape index (κ3) is 7.37. The topological polar surface area (TPSA) is 139 Å². The summed E-state index contributed by atoms with van der Waals surface area (Å²) in [5, 5.41) is 7.58. The molecule has 0 saturated carbocycles. The second-order valence-corrected chi connectivity index (χ2v) is 13.6. The minimum absolute atomic E-state index is 0. The number of amides is 1. The van der Waals surface area contributed by atoms with E-state index in [1.807, 2.05) is 37.3 Å². The van der Waals surface area contributed by atoms with Crippen LogP contribution in [0.15, 0.2) is 53.3 Å². The van der Waals surface area contributed by atoms with Gasteiger partial charge in [0.05, 0.1) is 17.8 Å². The third-order valence-corrected chi connectivity index (χ3v) is 7.68. The lowest BCUT2D eigenvalue weighted by atomic mass is 10.1. The standard InChI is InChI=1S/C32H37N7O5S.H2/c1-20-27(36-28(38(20)19-42-14-15-45(6)7)29(40)34-18-22-10-12-33-13-11-22)23-8-9-25-24(16-23)17-26(30-35-21(2)37-44-30)39(25)31(41)43-32(3,4)5;/h8-13,16-17H,6,14-15,18-19H2,1-5,7H3,(H,34,40);1H. The van der Waals surface area contributed by atoms with E-state index in [4.69, 9.17) is 19.0 Å². The largest absolute Gasteiger partial charge is 0.443 e. The fraction of sp³-hybridized carbons (Fsp3) is 0.344. The number of fused-ring (bicyclic) bond motifs is 1. The Labute approximate surface area is 265 Å². The number of nitrogens with one attached hydrogen (secondary N) is 1. The number of benzene rings is 1. The molecular weight excluding hydrogens is 594 g/mol. The van der Waals surface area contributed by atoms with Crippen LogP contribution in [0.25, 0.3) is 33.7 Å². The molecule has 12 nitrogen and oxygen atoms in total. The minimum atomic E-state index is -0.720. The molecule has 1 aromatic carbocycles. The minimum Gasteiger partial charge on any atom is -0.443 e. The zero-order chi connectivity index (χ0) is 32.3. The summed E-state index contributed by atoms with van der Waals surface area (Å²) in [4.78, 5) is 40.0. The lowest BCUT2D eigenvalue weighted by Crippen LogP contribution is -2.27. The Morgan fingerprint density at radius 2 is 1.87 bits per heavy atom. The molecule has 0 fully saturated rings. The number of aromatic nitrogens is 6. The van der Waals surface area contributed by atoms with Crippen LogP contribution in [0.5, 0.6) is 0 Å². The molecule has 13 heteroatoms. The van der Waals surface area contributed by atoms with E-state index >= 15 is 0 Å². The maximum absolute atomic E-state index is 13.4. The van der Waals surface area contributed by atoms with Gasteiger partial charge in [-0.25, -0.2) is 14.3 Å². The molecule has 1 atom stereocenters. The first-order valence-corrected chi connectivity index (χ1v) is 16.3. The molecule has 4 heterocycles. The highest BCUT2D eigenvalue weighted by Crippen LogP contribution is 2.33. The van der Waals surface area contributed by atoms with Crippen LogP contribution < -0.4 is 5.32 Å². The van der Waals surface area contributed by atoms with E-state index in [0.29, 0.717) is 35.9 Å². The number of aryl methyl sites for hydroxylation is 1. The Bertz CT molecular complexity index is 1870. The van der Waals surface area contributed by atoms with Crippen LogP contribution in [0.2, 0.25) is 0 Å². The van der Waals surface area contributed by atoms with Gasteiger partial charge >= 0.3 is 6.09 Å². The van der Waals surface area contributed by atoms with Gasteiger partial charge in [0.2, 0.25) is 5.82 Å². The SMILES string of the molecule is C=S(C)CCOCn1c(C(=O)NCc2ccncc2)nc(-c2ccc3c(c2)cc(-c2nc(C)no2)n3C(=O)OC(C)(C)C)c1C.[HH]. The van der Waals surface area contributed by atoms with Crippen molar-refractivity contribution >= 4 is 39.3 Å².